The van der Waals surface area contributed by atoms with E-state index in [2.05, 4.69) is 13.8 Å². The molecule has 0 aromatic heterocycles. The molecule has 4 heteroatoms. The van der Waals surface area contributed by atoms with E-state index in [1.165, 1.54) is 0 Å². The van der Waals surface area contributed by atoms with Gasteiger partial charge < -0.3 is 13.7 Å². The molecule has 0 spiro atoms. The summed E-state index contributed by atoms with van der Waals surface area (Å²) >= 11 is 9.74. The summed E-state index contributed by atoms with van der Waals surface area (Å²) in [6.45, 7) is 4.31. The van der Waals surface area contributed by atoms with Crippen LogP contribution in [0.15, 0.2) is 0 Å². The first-order valence-corrected chi connectivity index (χ1v) is 6.58. The highest BCUT2D eigenvalue weighted by Crippen LogP contribution is 2.02. The maximum Gasteiger partial charge on any atom is -0.0134 e. The van der Waals surface area contributed by atoms with Crippen LogP contribution < -0.4 is 5.73 Å². The lowest BCUT2D eigenvalue weighted by atomic mass is 10.1. The largest absolute Gasteiger partial charge is 0.346 e. The summed E-state index contributed by atoms with van der Waals surface area (Å²) in [7, 11) is -0.320. The Balaban J connectivity index is 3.53. The summed E-state index contributed by atoms with van der Waals surface area (Å²) in [5.41, 5.74) is 5.75. The van der Waals surface area contributed by atoms with Crippen LogP contribution in [0.5, 0.6) is 0 Å². The molecule has 0 rings (SSSR count). The maximum absolute atomic E-state index is 5.75. The lowest BCUT2D eigenvalue weighted by Crippen LogP contribution is -2.26. The van der Waals surface area contributed by atoms with Gasteiger partial charge >= 0.3 is 0 Å². The maximum atomic E-state index is 5.75. The van der Waals surface area contributed by atoms with Crippen molar-refractivity contribution in [3.05, 3.63) is 0 Å². The Morgan fingerprint density at radius 2 is 1.90 bits per heavy atom. The Morgan fingerprint density at radius 3 is 2.20 bits per heavy atom. The average Bonchev–Trinajstić information content (AvgIpc) is 1.58. The Kier molecular flexibility index (Phi) is 5.81. The second-order valence-electron chi connectivity index (χ2n) is 2.86. The van der Waals surface area contributed by atoms with E-state index in [1.807, 2.05) is 0 Å². The molecule has 0 saturated heterocycles. The Bertz CT molecular complexity index is 143. The van der Waals surface area contributed by atoms with E-state index in [0.717, 1.165) is 12.2 Å². The molecule has 0 saturated carbocycles. The molecule has 62 valence electrons. The van der Waals surface area contributed by atoms with Gasteiger partial charge in [-0.15, -0.1) is 5.75 Å². The van der Waals surface area contributed by atoms with Gasteiger partial charge in [-0.05, 0) is 18.4 Å². The van der Waals surface area contributed by atoms with Crippen molar-refractivity contribution in [3.8, 4) is 0 Å². The van der Waals surface area contributed by atoms with Crippen LogP contribution in [0.1, 0.15) is 20.3 Å². The monoisotopic (exact) mass is 196 g/mol. The molecule has 0 aliphatic carbocycles. The van der Waals surface area contributed by atoms with E-state index < -0.39 is 0 Å². The van der Waals surface area contributed by atoms with Crippen molar-refractivity contribution in [1.29, 1.82) is 0 Å². The highest BCUT2D eigenvalue weighted by atomic mass is 33.1. The van der Waals surface area contributed by atoms with Gasteiger partial charge in [0.2, 0.25) is 0 Å². The van der Waals surface area contributed by atoms with Gasteiger partial charge in [0.1, 0.15) is 0 Å². The smallest absolute Gasteiger partial charge is 0.0134 e. The summed E-state index contributed by atoms with van der Waals surface area (Å²) in [5.74, 6) is 1.48. The minimum atomic E-state index is -0.320. The first kappa shape index (κ1) is 10.8. The van der Waals surface area contributed by atoms with Crippen molar-refractivity contribution < 1.29 is 0 Å². The molecule has 10 heavy (non-hydrogen) atoms. The Morgan fingerprint density at radius 1 is 1.40 bits per heavy atom. The predicted molar refractivity (Wildman–Crippen MR) is 54.4 cm³/mol. The lowest BCUT2D eigenvalue weighted by Gasteiger charge is -2.15. The van der Waals surface area contributed by atoms with Crippen molar-refractivity contribution in [2.45, 2.75) is 26.3 Å². The number of nitrogens with two attached hydrogens (primary N) is 1. The van der Waals surface area contributed by atoms with Gasteiger partial charge in [-0.25, -0.2) is 0 Å². The van der Waals surface area contributed by atoms with Gasteiger partial charge in [0.05, 0.1) is 0 Å². The highest BCUT2D eigenvalue weighted by molar-refractivity contribution is 8.46. The molecule has 0 fully saturated rings. The zero-order valence-electron chi connectivity index (χ0n) is 6.37. The van der Waals surface area contributed by atoms with Crippen LogP contribution in [0, 0.1) is 5.92 Å². The molecule has 0 heterocycles. The molecular weight excluding hydrogens is 182 g/mol. The van der Waals surface area contributed by atoms with Gasteiger partial charge in [-0.2, -0.15) is 0 Å². The molecule has 0 aromatic carbocycles. The molecule has 0 aliphatic heterocycles. The third kappa shape index (κ3) is 6.86. The molecular formula is C6H14NS3-. The second kappa shape index (κ2) is 5.41. The molecule has 1 nitrogen and oxygen atoms in total. The summed E-state index contributed by atoms with van der Waals surface area (Å²) in [5, 5.41) is 0. The molecule has 0 bridgehead atoms. The van der Waals surface area contributed by atoms with Crippen molar-refractivity contribution in [2.75, 3.05) is 5.75 Å². The van der Waals surface area contributed by atoms with E-state index in [9.17, 15) is 0 Å². The third-order valence-electron chi connectivity index (χ3n) is 1.12. The molecule has 0 amide bonds. The number of rotatable bonds is 4. The quantitative estimate of drug-likeness (QED) is 0.677. The predicted octanol–water partition coefficient (Wildman–Crippen LogP) is 0.902. The average molecular weight is 196 g/mol. The molecule has 1 atom stereocenters. The topological polar surface area (TPSA) is 26.0 Å². The summed E-state index contributed by atoms with van der Waals surface area (Å²) < 4.78 is 0. The fourth-order valence-corrected chi connectivity index (χ4v) is 2.38. The molecule has 2 N–H and O–H groups in total. The van der Waals surface area contributed by atoms with E-state index in [0.29, 0.717) is 5.92 Å². The standard InChI is InChI=1S/C6H14NS3/c1-5(2)3-6(7)4-10(8)9/h5-6H,3-4,7H2,1-2H3/q-1/t6-/m0/s1. The van der Waals surface area contributed by atoms with Gasteiger partial charge in [0, 0.05) is 0 Å². The summed E-state index contributed by atoms with van der Waals surface area (Å²) in [4.78, 5) is 0. The fraction of sp³-hybridized carbons (Fsp3) is 1.00. The number of hydrogen-bond acceptors (Lipinski definition) is 4. The second-order valence-corrected chi connectivity index (χ2v) is 6.85. The van der Waals surface area contributed by atoms with E-state index in [-0.39, 0.29) is 14.1 Å². The molecule has 0 aliphatic rings. The van der Waals surface area contributed by atoms with Gasteiger partial charge in [0.15, 0.2) is 0 Å². The van der Waals surface area contributed by atoms with Gasteiger partial charge in [-0.3, -0.25) is 22.4 Å². The SMILES string of the molecule is CC(C)C[C@H](N)C[S-](=S)=S. The first-order chi connectivity index (χ1) is 4.52. The fourth-order valence-electron chi connectivity index (χ4n) is 0.848. The van der Waals surface area contributed by atoms with Crippen molar-refractivity contribution in [2.24, 2.45) is 11.7 Å². The zero-order valence-corrected chi connectivity index (χ0v) is 8.82. The van der Waals surface area contributed by atoms with Crippen molar-refractivity contribution in [1.82, 2.24) is 0 Å². The van der Waals surface area contributed by atoms with Crippen molar-refractivity contribution >= 4 is 30.4 Å². The van der Waals surface area contributed by atoms with Crippen LogP contribution in [0.25, 0.3) is 0 Å². The van der Waals surface area contributed by atoms with Crippen LogP contribution in [-0.4, -0.2) is 11.8 Å². The molecule has 0 aromatic rings. The molecule has 0 unspecified atom stereocenters. The summed E-state index contributed by atoms with van der Waals surface area (Å²) in [6, 6.07) is 0.221. The van der Waals surface area contributed by atoms with Crippen LogP contribution in [0.3, 0.4) is 0 Å². The van der Waals surface area contributed by atoms with Crippen LogP contribution in [-0.2, 0) is 30.4 Å². The van der Waals surface area contributed by atoms with Crippen LogP contribution >= 0.6 is 0 Å². The minimum Gasteiger partial charge on any atom is -0.346 e. The van der Waals surface area contributed by atoms with Crippen molar-refractivity contribution in [3.63, 3.8) is 0 Å². The Hall–Kier alpha value is 0.750. The van der Waals surface area contributed by atoms with Crippen LogP contribution in [0.2, 0.25) is 0 Å². The van der Waals surface area contributed by atoms with E-state index >= 15 is 0 Å². The van der Waals surface area contributed by atoms with Gasteiger partial charge in [-0.1, -0.05) is 13.8 Å². The summed E-state index contributed by atoms with van der Waals surface area (Å²) in [6.07, 6.45) is 1.04. The third-order valence-corrected chi connectivity index (χ3v) is 2.64. The first-order valence-electron chi connectivity index (χ1n) is 3.33. The van der Waals surface area contributed by atoms with E-state index in [1.54, 1.807) is 0 Å². The van der Waals surface area contributed by atoms with Gasteiger partial charge in [0.25, 0.3) is 0 Å². The van der Waals surface area contributed by atoms with Crippen LogP contribution in [0.4, 0.5) is 0 Å². The molecule has 0 radical (unpaired) electrons. The van der Waals surface area contributed by atoms with E-state index in [4.69, 9.17) is 28.1 Å². The zero-order chi connectivity index (χ0) is 8.15. The highest BCUT2D eigenvalue weighted by Gasteiger charge is 1.99. The minimum absolute atomic E-state index is 0.221. The Labute approximate surface area is 74.2 Å². The number of hydrogen-bond donors (Lipinski definition) is 1. The lowest BCUT2D eigenvalue weighted by molar-refractivity contribution is 0.524. The normalized spacial score (nSPS) is 14.5.